The lowest BCUT2D eigenvalue weighted by molar-refractivity contribution is 0.648. The van der Waals surface area contributed by atoms with Crippen molar-refractivity contribution in [2.24, 2.45) is 0 Å². The fourth-order valence-corrected chi connectivity index (χ4v) is 5.57. The minimum Gasteiger partial charge on any atom is -0.255 e. The van der Waals surface area contributed by atoms with Gasteiger partial charge in [0.2, 0.25) is 0 Å². The van der Waals surface area contributed by atoms with Crippen LogP contribution < -0.4 is 5.19 Å². The lowest BCUT2D eigenvalue weighted by Crippen LogP contribution is -2.38. The van der Waals surface area contributed by atoms with Crippen molar-refractivity contribution in [1.29, 1.82) is 0 Å². The van der Waals surface area contributed by atoms with Gasteiger partial charge in [0.15, 0.2) is 0 Å². The Morgan fingerprint density at radius 2 is 1.63 bits per heavy atom. The quantitative estimate of drug-likeness (QED) is 0.407. The van der Waals surface area contributed by atoms with Crippen molar-refractivity contribution in [2.75, 3.05) is 0 Å². The first kappa shape index (κ1) is 16.6. The predicted octanol–water partition coefficient (Wildman–Crippen LogP) is 5.63. The Labute approximate surface area is 161 Å². The van der Waals surface area contributed by atoms with Gasteiger partial charge in [-0.1, -0.05) is 76.0 Å². The molecule has 0 spiro atoms. The van der Waals surface area contributed by atoms with Crippen LogP contribution in [0.3, 0.4) is 0 Å². The first-order chi connectivity index (χ1) is 12.8. The van der Waals surface area contributed by atoms with Gasteiger partial charge in [-0.05, 0) is 27.1 Å². The molecular weight excluding hydrogens is 344 g/mol. The van der Waals surface area contributed by atoms with Crippen LogP contribution in [0.25, 0.3) is 32.9 Å². The van der Waals surface area contributed by atoms with Gasteiger partial charge >= 0.3 is 0 Å². The maximum atomic E-state index is 4.91. The van der Waals surface area contributed by atoms with E-state index in [0.717, 1.165) is 11.2 Å². The minimum atomic E-state index is -1.45. The monoisotopic (exact) mass is 368 g/mol. The van der Waals surface area contributed by atoms with Crippen LogP contribution in [0, 0.1) is 0 Å². The van der Waals surface area contributed by atoms with Gasteiger partial charge in [-0.25, -0.2) is 0 Å². The molecule has 0 amide bonds. The fourth-order valence-electron chi connectivity index (χ4n) is 4.54. The fraction of sp³-hybridized carbons (Fsp3) is 0.250. The standard InChI is InChI=1S/C24H24N2Si/c1-24(2)19-11-7-9-15-8-6-10-17(21(15)19)23-22(24)18-12-16(27(3,4)5)13-25-20(18)14-26-23/h6-14H,1-5H3. The molecule has 0 fully saturated rings. The van der Waals surface area contributed by atoms with Gasteiger partial charge in [0.1, 0.15) is 0 Å². The van der Waals surface area contributed by atoms with E-state index in [1.54, 1.807) is 0 Å². The second-order valence-electron chi connectivity index (χ2n) is 9.22. The van der Waals surface area contributed by atoms with Crippen molar-refractivity contribution < 1.29 is 0 Å². The largest absolute Gasteiger partial charge is 0.255 e. The van der Waals surface area contributed by atoms with E-state index in [1.165, 1.54) is 38.0 Å². The normalized spacial score (nSPS) is 15.1. The molecule has 0 unspecified atom stereocenters. The molecule has 2 aromatic heterocycles. The van der Waals surface area contributed by atoms with Crippen molar-refractivity contribution in [3.8, 4) is 11.3 Å². The van der Waals surface area contributed by atoms with Crippen LogP contribution in [-0.2, 0) is 5.41 Å². The topological polar surface area (TPSA) is 25.8 Å². The summed E-state index contributed by atoms with van der Waals surface area (Å²) in [6.07, 6.45) is 4.01. The van der Waals surface area contributed by atoms with Crippen LogP contribution in [0.5, 0.6) is 0 Å². The number of hydrogen-bond acceptors (Lipinski definition) is 2. The summed E-state index contributed by atoms with van der Waals surface area (Å²) in [5.74, 6) is 0. The maximum absolute atomic E-state index is 4.91. The summed E-state index contributed by atoms with van der Waals surface area (Å²) in [4.78, 5) is 9.71. The molecule has 4 aromatic rings. The van der Waals surface area contributed by atoms with E-state index >= 15 is 0 Å². The molecule has 0 aliphatic heterocycles. The summed E-state index contributed by atoms with van der Waals surface area (Å²) < 4.78 is 0. The molecular formula is C24H24N2Si. The molecule has 5 rings (SSSR count). The first-order valence-corrected chi connectivity index (χ1v) is 13.1. The van der Waals surface area contributed by atoms with E-state index in [4.69, 9.17) is 9.97 Å². The van der Waals surface area contributed by atoms with E-state index in [9.17, 15) is 0 Å². The summed E-state index contributed by atoms with van der Waals surface area (Å²) in [5.41, 5.74) is 5.95. The molecule has 2 heterocycles. The molecule has 1 aliphatic carbocycles. The van der Waals surface area contributed by atoms with Crippen molar-refractivity contribution in [1.82, 2.24) is 9.97 Å². The Balaban J connectivity index is 1.97. The third-order valence-corrected chi connectivity index (χ3v) is 8.07. The van der Waals surface area contributed by atoms with Crippen molar-refractivity contribution in [3.05, 3.63) is 66.0 Å². The Morgan fingerprint density at radius 3 is 2.37 bits per heavy atom. The number of rotatable bonds is 1. The molecule has 0 radical (unpaired) electrons. The van der Waals surface area contributed by atoms with Crippen LogP contribution in [-0.4, -0.2) is 18.0 Å². The Morgan fingerprint density at radius 1 is 0.889 bits per heavy atom. The summed E-state index contributed by atoms with van der Waals surface area (Å²) in [5, 5.41) is 5.30. The number of aromatic nitrogens is 2. The van der Waals surface area contributed by atoms with Gasteiger partial charge in [-0.15, -0.1) is 0 Å². The second kappa shape index (κ2) is 5.26. The highest BCUT2D eigenvalue weighted by Crippen LogP contribution is 2.49. The van der Waals surface area contributed by atoms with Crippen molar-refractivity contribution >= 4 is 34.9 Å². The number of benzene rings is 2. The molecule has 134 valence electrons. The lowest BCUT2D eigenvalue weighted by atomic mass is 9.69. The minimum absolute atomic E-state index is 0.116. The van der Waals surface area contributed by atoms with E-state index < -0.39 is 8.07 Å². The molecule has 0 atom stereocenters. The van der Waals surface area contributed by atoms with Gasteiger partial charge in [0.05, 0.1) is 25.5 Å². The van der Waals surface area contributed by atoms with E-state index in [1.807, 2.05) is 6.20 Å². The summed E-state index contributed by atoms with van der Waals surface area (Å²) in [7, 11) is -1.45. The average molecular weight is 369 g/mol. The van der Waals surface area contributed by atoms with Gasteiger partial charge in [-0.3, -0.25) is 9.97 Å². The zero-order valence-corrected chi connectivity index (χ0v) is 17.6. The highest BCUT2D eigenvalue weighted by Gasteiger charge is 2.36. The van der Waals surface area contributed by atoms with Crippen LogP contribution in [0.1, 0.15) is 25.0 Å². The molecule has 3 heteroatoms. The zero-order valence-electron chi connectivity index (χ0n) is 16.6. The highest BCUT2D eigenvalue weighted by molar-refractivity contribution is 6.88. The Bertz CT molecular complexity index is 1230. The number of hydrogen-bond donors (Lipinski definition) is 0. The van der Waals surface area contributed by atoms with Gasteiger partial charge in [-0.2, -0.15) is 0 Å². The molecule has 0 saturated heterocycles. The second-order valence-corrected chi connectivity index (χ2v) is 14.3. The molecule has 0 saturated carbocycles. The molecule has 0 N–H and O–H groups in total. The average Bonchev–Trinajstić information content (AvgIpc) is 2.64. The Hall–Kier alpha value is -2.52. The van der Waals surface area contributed by atoms with E-state index in [0.29, 0.717) is 0 Å². The van der Waals surface area contributed by atoms with E-state index in [2.05, 4.69) is 82.1 Å². The van der Waals surface area contributed by atoms with Gasteiger partial charge < -0.3 is 0 Å². The maximum Gasteiger partial charge on any atom is 0.0888 e. The zero-order chi connectivity index (χ0) is 19.0. The van der Waals surface area contributed by atoms with Crippen molar-refractivity contribution in [3.63, 3.8) is 0 Å². The van der Waals surface area contributed by atoms with Gasteiger partial charge in [0.25, 0.3) is 0 Å². The molecule has 2 nitrogen and oxygen atoms in total. The van der Waals surface area contributed by atoms with Crippen LogP contribution in [0.4, 0.5) is 0 Å². The third-order valence-electron chi connectivity index (χ3n) is 6.06. The molecule has 2 aromatic carbocycles. The predicted molar refractivity (Wildman–Crippen MR) is 118 cm³/mol. The van der Waals surface area contributed by atoms with Crippen LogP contribution in [0.15, 0.2) is 54.9 Å². The summed E-state index contributed by atoms with van der Waals surface area (Å²) >= 11 is 0. The van der Waals surface area contributed by atoms with Crippen LogP contribution in [0.2, 0.25) is 19.6 Å². The Kier molecular flexibility index (Phi) is 3.24. The lowest BCUT2D eigenvalue weighted by Gasteiger charge is -2.35. The summed E-state index contributed by atoms with van der Waals surface area (Å²) in [6, 6.07) is 15.6. The molecule has 0 bridgehead atoms. The number of fused-ring (bicyclic) bond motifs is 4. The smallest absolute Gasteiger partial charge is 0.0888 e. The van der Waals surface area contributed by atoms with Crippen molar-refractivity contribution in [2.45, 2.75) is 38.9 Å². The van der Waals surface area contributed by atoms with E-state index in [-0.39, 0.29) is 5.41 Å². The van der Waals surface area contributed by atoms with Gasteiger partial charge in [0, 0.05) is 22.6 Å². The highest BCUT2D eigenvalue weighted by atomic mass is 28.3. The number of nitrogens with zero attached hydrogens (tertiary/aromatic N) is 2. The van der Waals surface area contributed by atoms with Crippen LogP contribution >= 0.6 is 0 Å². The molecule has 1 aliphatic rings. The molecule has 27 heavy (non-hydrogen) atoms. The number of pyridine rings is 2. The third kappa shape index (κ3) is 2.24. The summed E-state index contributed by atoms with van der Waals surface area (Å²) in [6.45, 7) is 11.8. The SMILES string of the molecule is CC1(C)c2c(ncc3ncc([Si](C)(C)C)cc23)-c2cccc3cccc1c23. The first-order valence-electron chi connectivity index (χ1n) is 9.61.